The lowest BCUT2D eigenvalue weighted by Crippen LogP contribution is -2.21. The lowest BCUT2D eigenvalue weighted by molar-refractivity contribution is -0.129. The number of ether oxygens (including phenoxy) is 1. The molecule has 0 unspecified atom stereocenters. The van der Waals surface area contributed by atoms with Crippen LogP contribution in [0.3, 0.4) is 0 Å². The number of nitrogens with one attached hydrogen (secondary N) is 2. The minimum Gasteiger partial charge on any atom is -0.496 e. The first-order chi connectivity index (χ1) is 17.6. The maximum Gasteiger partial charge on any atom is 0.453 e. The molecule has 3 heterocycles. The molecule has 0 saturated carbocycles. The van der Waals surface area contributed by atoms with Crippen molar-refractivity contribution < 1.29 is 18.8 Å². The van der Waals surface area contributed by atoms with E-state index in [2.05, 4.69) is 25.6 Å². The first-order valence-corrected chi connectivity index (χ1v) is 10.8. The van der Waals surface area contributed by atoms with Crippen LogP contribution in [0.2, 0.25) is 0 Å². The molecule has 2 aromatic carbocycles. The van der Waals surface area contributed by atoms with Crippen LogP contribution in [0.1, 0.15) is 5.56 Å². The smallest absolute Gasteiger partial charge is 0.453 e. The van der Waals surface area contributed by atoms with Gasteiger partial charge < -0.3 is 24.6 Å². The molecule has 0 fully saturated rings. The van der Waals surface area contributed by atoms with Gasteiger partial charge in [-0.3, -0.25) is 9.78 Å². The molecular formula is C25H20N6O5. The van der Waals surface area contributed by atoms with E-state index in [4.69, 9.17) is 14.0 Å². The summed E-state index contributed by atoms with van der Waals surface area (Å²) in [5.41, 5.74) is 4.55. The Hall–Kier alpha value is -5.19. The molecule has 36 heavy (non-hydrogen) atoms. The number of benzene rings is 2. The Bertz CT molecular complexity index is 1610. The summed E-state index contributed by atoms with van der Waals surface area (Å²) >= 11 is 0. The third-order valence-electron chi connectivity index (χ3n) is 5.35. The lowest BCUT2D eigenvalue weighted by Gasteiger charge is -2.13. The summed E-state index contributed by atoms with van der Waals surface area (Å²) < 4.78 is 11.4. The molecule has 0 amide bonds. The van der Waals surface area contributed by atoms with Gasteiger partial charge in [0.1, 0.15) is 17.1 Å². The Kier molecular flexibility index (Phi) is 6.02. The number of aromatic nitrogens is 4. The Balaban J connectivity index is 1.41. The molecule has 0 aliphatic rings. The molecule has 5 rings (SSSR count). The number of carbonyl (C=O) groups excluding carboxylic acids is 1. The van der Waals surface area contributed by atoms with E-state index in [1.807, 2.05) is 37.3 Å². The highest BCUT2D eigenvalue weighted by Crippen LogP contribution is 2.33. The Labute approximate surface area is 204 Å². The van der Waals surface area contributed by atoms with Crippen molar-refractivity contribution in [3.8, 4) is 16.9 Å². The molecule has 0 aliphatic carbocycles. The van der Waals surface area contributed by atoms with Crippen molar-refractivity contribution in [2.45, 2.75) is 6.92 Å². The number of hydrogen-bond acceptors (Lipinski definition) is 10. The van der Waals surface area contributed by atoms with Gasteiger partial charge in [0.05, 0.1) is 7.11 Å². The van der Waals surface area contributed by atoms with Crippen molar-refractivity contribution in [3.05, 3.63) is 83.2 Å². The maximum absolute atomic E-state index is 11.9. The fourth-order valence-electron chi connectivity index (χ4n) is 3.64. The summed E-state index contributed by atoms with van der Waals surface area (Å²) in [6.45, 7) is 2.01. The van der Waals surface area contributed by atoms with Crippen LogP contribution in [0, 0.1) is 6.92 Å². The fourth-order valence-corrected chi connectivity index (χ4v) is 3.64. The topological polar surface area (TPSA) is 133 Å². The number of pyridine rings is 1. The average molecular weight is 484 g/mol. The maximum atomic E-state index is 11.9. The van der Waals surface area contributed by atoms with Gasteiger partial charge in [0, 0.05) is 52.7 Å². The van der Waals surface area contributed by atoms with Crippen LogP contribution in [0.5, 0.6) is 5.75 Å². The number of methoxy groups -OCH3 is 1. The summed E-state index contributed by atoms with van der Waals surface area (Å²) in [5, 5.41) is 6.39. The lowest BCUT2D eigenvalue weighted by atomic mass is 10.1. The molecule has 0 aliphatic heterocycles. The van der Waals surface area contributed by atoms with Crippen LogP contribution in [-0.4, -0.2) is 33.3 Å². The normalized spacial score (nSPS) is 10.7. The summed E-state index contributed by atoms with van der Waals surface area (Å²) in [7, 11) is 1.61. The second kappa shape index (κ2) is 9.58. The van der Waals surface area contributed by atoms with E-state index < -0.39 is 5.76 Å². The number of hydrogen-bond donors (Lipinski definition) is 2. The minimum absolute atomic E-state index is 0.154. The molecular weight excluding hydrogens is 464 g/mol. The highest BCUT2D eigenvalue weighted by Gasteiger charge is 2.13. The van der Waals surface area contributed by atoms with Gasteiger partial charge in [-0.15, -0.1) is 0 Å². The van der Waals surface area contributed by atoms with Gasteiger partial charge in [0.15, 0.2) is 5.58 Å². The second-order valence-electron chi connectivity index (χ2n) is 7.68. The highest BCUT2D eigenvalue weighted by atomic mass is 16.7. The van der Waals surface area contributed by atoms with Crippen LogP contribution < -0.4 is 26.0 Å². The standard InChI is InChI=1S/C25H20N6O5/c1-15-12-27-24(29-18-5-7-19(22(11-18)34-2)16-4-3-9-26-13-16)30-23(15)28-17-6-8-21-20(10-17)31(35-14-32)25(33)36-21/h3-14H,1-2H3,(H2,27,28,29,30). The van der Waals surface area contributed by atoms with Gasteiger partial charge in [0.25, 0.3) is 0 Å². The highest BCUT2D eigenvalue weighted by molar-refractivity contribution is 5.79. The molecule has 0 saturated heterocycles. The van der Waals surface area contributed by atoms with Crippen LogP contribution in [0.25, 0.3) is 22.2 Å². The molecule has 0 radical (unpaired) electrons. The number of oxazole rings is 1. The second-order valence-corrected chi connectivity index (χ2v) is 7.68. The molecule has 0 bridgehead atoms. The molecule has 0 atom stereocenters. The predicted octanol–water partition coefficient (Wildman–Crippen LogP) is 3.84. The van der Waals surface area contributed by atoms with Crippen LogP contribution in [-0.2, 0) is 4.79 Å². The van der Waals surface area contributed by atoms with Crippen molar-refractivity contribution in [1.82, 2.24) is 19.7 Å². The first kappa shape index (κ1) is 22.6. The van der Waals surface area contributed by atoms with Gasteiger partial charge in [-0.05, 0) is 43.3 Å². The third kappa shape index (κ3) is 4.44. The van der Waals surface area contributed by atoms with Crippen LogP contribution in [0.4, 0.5) is 23.1 Å². The van der Waals surface area contributed by atoms with E-state index in [0.717, 1.165) is 27.1 Å². The molecule has 11 heteroatoms. The Morgan fingerprint density at radius 2 is 1.89 bits per heavy atom. The molecule has 11 nitrogen and oxygen atoms in total. The van der Waals surface area contributed by atoms with Crippen molar-refractivity contribution >= 4 is 40.7 Å². The fraction of sp³-hybridized carbons (Fsp3) is 0.0800. The molecule has 5 aromatic rings. The summed E-state index contributed by atoms with van der Waals surface area (Å²) in [4.78, 5) is 40.4. The summed E-state index contributed by atoms with van der Waals surface area (Å²) in [5.74, 6) is 0.781. The van der Waals surface area contributed by atoms with E-state index in [1.165, 1.54) is 0 Å². The van der Waals surface area contributed by atoms with E-state index in [1.54, 1.807) is 43.9 Å². The number of fused-ring (bicyclic) bond motifs is 1. The minimum atomic E-state index is -0.802. The Morgan fingerprint density at radius 3 is 2.67 bits per heavy atom. The van der Waals surface area contributed by atoms with Crippen LogP contribution >= 0.6 is 0 Å². The Morgan fingerprint density at radius 1 is 1.06 bits per heavy atom. The van der Waals surface area contributed by atoms with Crippen molar-refractivity contribution in [2.75, 3.05) is 17.7 Å². The number of rotatable bonds is 8. The molecule has 0 spiro atoms. The van der Waals surface area contributed by atoms with E-state index in [9.17, 15) is 9.59 Å². The predicted molar refractivity (Wildman–Crippen MR) is 133 cm³/mol. The molecule has 2 N–H and O–H groups in total. The number of nitrogens with zero attached hydrogens (tertiary/aromatic N) is 4. The van der Waals surface area contributed by atoms with Gasteiger partial charge >= 0.3 is 12.2 Å². The monoisotopic (exact) mass is 484 g/mol. The number of carbonyl (C=O) groups is 1. The zero-order valence-electron chi connectivity index (χ0n) is 19.3. The third-order valence-corrected chi connectivity index (χ3v) is 5.35. The van der Waals surface area contributed by atoms with Gasteiger partial charge in [-0.25, -0.2) is 9.78 Å². The number of aryl methyl sites for hydroxylation is 1. The van der Waals surface area contributed by atoms with Crippen molar-refractivity contribution in [3.63, 3.8) is 0 Å². The van der Waals surface area contributed by atoms with Gasteiger partial charge in [-0.2, -0.15) is 4.98 Å². The van der Waals surface area contributed by atoms with Gasteiger partial charge in [-0.1, -0.05) is 10.8 Å². The largest absolute Gasteiger partial charge is 0.496 e. The van der Waals surface area contributed by atoms with E-state index >= 15 is 0 Å². The zero-order valence-corrected chi connectivity index (χ0v) is 19.3. The van der Waals surface area contributed by atoms with Crippen LogP contribution in [0.15, 0.2) is 76.3 Å². The van der Waals surface area contributed by atoms with Gasteiger partial charge in [0.2, 0.25) is 5.95 Å². The van der Waals surface area contributed by atoms with Crippen molar-refractivity contribution in [2.24, 2.45) is 0 Å². The van der Waals surface area contributed by atoms with Crippen molar-refractivity contribution in [1.29, 1.82) is 0 Å². The summed E-state index contributed by atoms with van der Waals surface area (Å²) in [6.07, 6.45) is 5.18. The zero-order chi connectivity index (χ0) is 25.1. The quantitative estimate of drug-likeness (QED) is 0.313. The number of anilines is 4. The van der Waals surface area contributed by atoms with E-state index in [0.29, 0.717) is 28.7 Å². The summed E-state index contributed by atoms with van der Waals surface area (Å²) in [6, 6.07) is 14.5. The molecule has 180 valence electrons. The molecule has 3 aromatic heterocycles. The van der Waals surface area contributed by atoms with E-state index in [-0.39, 0.29) is 12.1 Å². The SMILES string of the molecule is COc1cc(Nc2ncc(C)c(Nc3ccc4oc(=O)n(OC=O)c4c3)n2)ccc1-c1cccnc1. The average Bonchev–Trinajstić information content (AvgIpc) is 3.21. The first-order valence-electron chi connectivity index (χ1n) is 10.8.